The van der Waals surface area contributed by atoms with Crippen LogP contribution in [0.25, 0.3) is 0 Å². The molecule has 1 spiro atoms. The number of carbonyl (C=O) groups is 1. The minimum absolute atomic E-state index is 0.112. The summed E-state index contributed by atoms with van der Waals surface area (Å²) in [6.07, 6.45) is 6.67. The first-order valence-corrected chi connectivity index (χ1v) is 10.7. The molecule has 0 unspecified atom stereocenters. The third-order valence-corrected chi connectivity index (χ3v) is 8.13. The largest absolute Gasteiger partial charge is 0.365 e. The minimum Gasteiger partial charge on any atom is -0.365 e. The van der Waals surface area contributed by atoms with E-state index in [1.54, 1.807) is 47.9 Å². The van der Waals surface area contributed by atoms with E-state index in [1.165, 1.54) is 4.31 Å². The summed E-state index contributed by atoms with van der Waals surface area (Å²) in [5.41, 5.74) is 0.518. The molecule has 2 aromatic heterocycles. The summed E-state index contributed by atoms with van der Waals surface area (Å²) >= 11 is 0. The molecule has 3 atom stereocenters. The molecule has 9 heteroatoms. The van der Waals surface area contributed by atoms with Crippen LogP contribution in [0.4, 0.5) is 0 Å². The lowest BCUT2D eigenvalue weighted by molar-refractivity contribution is -0.0980. The van der Waals surface area contributed by atoms with Crippen LogP contribution in [0.1, 0.15) is 22.3 Å². The lowest BCUT2D eigenvalue weighted by Crippen LogP contribution is -2.56. The minimum atomic E-state index is -3.51. The van der Waals surface area contributed by atoms with Gasteiger partial charge in [-0.1, -0.05) is 6.07 Å². The van der Waals surface area contributed by atoms with E-state index in [1.807, 2.05) is 6.07 Å². The summed E-state index contributed by atoms with van der Waals surface area (Å²) in [6.45, 7) is 1.21. The Kier molecular flexibility index (Phi) is 4.01. The molecule has 8 nitrogen and oxygen atoms in total. The molecule has 0 saturated carbocycles. The molecular formula is C19H20N4O4S. The van der Waals surface area contributed by atoms with Crippen LogP contribution in [0.15, 0.2) is 49.1 Å². The third kappa shape index (κ3) is 2.73. The highest BCUT2D eigenvalue weighted by Gasteiger charge is 2.65. The van der Waals surface area contributed by atoms with Gasteiger partial charge < -0.3 is 9.64 Å². The molecule has 3 fully saturated rings. The molecule has 2 bridgehead atoms. The second-order valence-corrected chi connectivity index (χ2v) is 9.74. The van der Waals surface area contributed by atoms with Crippen molar-refractivity contribution in [3.8, 4) is 0 Å². The molecule has 5 rings (SSSR count). The van der Waals surface area contributed by atoms with Crippen molar-refractivity contribution in [2.75, 3.05) is 19.6 Å². The van der Waals surface area contributed by atoms with Gasteiger partial charge in [-0.3, -0.25) is 14.8 Å². The van der Waals surface area contributed by atoms with E-state index in [0.29, 0.717) is 18.5 Å². The van der Waals surface area contributed by atoms with Gasteiger partial charge >= 0.3 is 0 Å². The smallest absolute Gasteiger partial charge is 0.254 e. The first-order valence-electron chi connectivity index (χ1n) is 9.23. The van der Waals surface area contributed by atoms with Crippen LogP contribution >= 0.6 is 0 Å². The highest BCUT2D eigenvalue weighted by molar-refractivity contribution is 7.90. The van der Waals surface area contributed by atoms with Gasteiger partial charge in [0.2, 0.25) is 10.0 Å². The summed E-state index contributed by atoms with van der Waals surface area (Å²) < 4.78 is 34.0. The summed E-state index contributed by atoms with van der Waals surface area (Å²) in [5.74, 6) is -0.112. The normalized spacial score (nSPS) is 30.9. The number of likely N-dealkylation sites (tertiary alicyclic amines) is 1. The summed E-state index contributed by atoms with van der Waals surface area (Å²) in [6, 6.07) is 7.00. The van der Waals surface area contributed by atoms with Crippen molar-refractivity contribution >= 4 is 15.9 Å². The molecule has 3 aliphatic heterocycles. The number of hydrogen-bond acceptors (Lipinski definition) is 6. The zero-order valence-electron chi connectivity index (χ0n) is 15.1. The van der Waals surface area contributed by atoms with E-state index in [2.05, 4.69) is 9.97 Å². The van der Waals surface area contributed by atoms with Gasteiger partial charge in [0.25, 0.3) is 5.91 Å². The Balaban J connectivity index is 1.42. The molecule has 146 valence electrons. The maximum Gasteiger partial charge on any atom is 0.254 e. The number of rotatable bonds is 3. The van der Waals surface area contributed by atoms with Gasteiger partial charge in [0, 0.05) is 50.0 Å². The second kappa shape index (κ2) is 6.33. The predicted octanol–water partition coefficient (Wildman–Crippen LogP) is 0.674. The molecule has 2 aromatic rings. The monoisotopic (exact) mass is 400 g/mol. The topological polar surface area (TPSA) is 92.7 Å². The Labute approximate surface area is 163 Å². The van der Waals surface area contributed by atoms with Crippen LogP contribution in [0.5, 0.6) is 0 Å². The molecule has 1 amide bonds. The van der Waals surface area contributed by atoms with Crippen LogP contribution < -0.4 is 0 Å². The van der Waals surface area contributed by atoms with E-state index < -0.39 is 20.9 Å². The number of morpholine rings is 1. The third-order valence-electron chi connectivity index (χ3n) is 5.81. The van der Waals surface area contributed by atoms with Crippen LogP contribution in [-0.2, 0) is 21.3 Å². The number of pyridine rings is 2. The number of fused-ring (bicyclic) bond motifs is 1. The van der Waals surface area contributed by atoms with Crippen LogP contribution in [0.2, 0.25) is 0 Å². The van der Waals surface area contributed by atoms with Gasteiger partial charge in [0.15, 0.2) is 0 Å². The average Bonchev–Trinajstić information content (AvgIpc) is 3.08. The Hall–Kier alpha value is -2.36. The van der Waals surface area contributed by atoms with Crippen molar-refractivity contribution in [1.82, 2.24) is 19.2 Å². The maximum atomic E-state index is 13.2. The van der Waals surface area contributed by atoms with Gasteiger partial charge in [0.05, 0.1) is 12.6 Å². The fourth-order valence-corrected chi connectivity index (χ4v) is 6.91. The average molecular weight is 400 g/mol. The number of carbonyl (C=O) groups excluding carboxylic acids is 1. The molecule has 0 N–H and O–H groups in total. The van der Waals surface area contributed by atoms with Crippen LogP contribution in [0, 0.1) is 0 Å². The standard InChI is InChI=1S/C19H20N4O4S/c24-18(15-3-6-20-7-4-15)22-11-16-8-17-19(12-22,27-16)13-23(28(17,25)26)10-14-2-1-5-21-9-14/h1-7,9,16-17H,8,10-13H2/t16-,17+,19+/m0/s1. The summed E-state index contributed by atoms with van der Waals surface area (Å²) in [5, 5.41) is -0.614. The number of hydrogen-bond donors (Lipinski definition) is 0. The van der Waals surface area contributed by atoms with Crippen LogP contribution in [0.3, 0.4) is 0 Å². The summed E-state index contributed by atoms with van der Waals surface area (Å²) in [4.78, 5) is 22.7. The Morgan fingerprint density at radius 2 is 2.00 bits per heavy atom. The predicted molar refractivity (Wildman–Crippen MR) is 99.7 cm³/mol. The maximum absolute atomic E-state index is 13.2. The van der Waals surface area contributed by atoms with E-state index >= 15 is 0 Å². The Bertz CT molecular complexity index is 1000. The molecule has 3 saturated heterocycles. The van der Waals surface area contributed by atoms with E-state index in [9.17, 15) is 13.2 Å². The molecule has 0 aromatic carbocycles. The van der Waals surface area contributed by atoms with Gasteiger partial charge in [0.1, 0.15) is 10.9 Å². The first-order chi connectivity index (χ1) is 13.5. The molecule has 5 heterocycles. The highest BCUT2D eigenvalue weighted by atomic mass is 32.2. The summed E-state index contributed by atoms with van der Waals surface area (Å²) in [7, 11) is -3.51. The number of aromatic nitrogens is 2. The quantitative estimate of drug-likeness (QED) is 0.752. The first kappa shape index (κ1) is 17.7. The molecule has 0 aliphatic carbocycles. The Morgan fingerprint density at radius 1 is 1.18 bits per heavy atom. The van der Waals surface area contributed by atoms with Gasteiger partial charge in [-0.05, 0) is 30.2 Å². The Morgan fingerprint density at radius 3 is 2.75 bits per heavy atom. The van der Waals surface area contributed by atoms with Gasteiger partial charge in [-0.15, -0.1) is 0 Å². The molecule has 3 aliphatic rings. The van der Waals surface area contributed by atoms with E-state index in [-0.39, 0.29) is 31.6 Å². The van der Waals surface area contributed by atoms with Gasteiger partial charge in [-0.25, -0.2) is 8.42 Å². The lowest BCUT2D eigenvalue weighted by atomic mass is 9.99. The zero-order chi connectivity index (χ0) is 19.4. The SMILES string of the molecule is O=C(c1ccncc1)N1C[C@@H]2C[C@@H]3[C@@](C1)(CN(Cc1cccnc1)S3(=O)=O)O2. The van der Waals surface area contributed by atoms with E-state index in [4.69, 9.17) is 4.74 Å². The zero-order valence-corrected chi connectivity index (χ0v) is 16.0. The highest BCUT2D eigenvalue weighted by Crippen LogP contribution is 2.47. The number of amides is 1. The number of sulfonamides is 1. The number of ether oxygens (including phenoxy) is 1. The van der Waals surface area contributed by atoms with Crippen molar-refractivity contribution in [1.29, 1.82) is 0 Å². The van der Waals surface area contributed by atoms with Crippen LogP contribution in [-0.4, -0.2) is 70.1 Å². The molecular weight excluding hydrogens is 380 g/mol. The van der Waals surface area contributed by atoms with E-state index in [0.717, 1.165) is 5.56 Å². The van der Waals surface area contributed by atoms with Crippen molar-refractivity contribution < 1.29 is 17.9 Å². The fraction of sp³-hybridized carbons (Fsp3) is 0.421. The molecule has 0 radical (unpaired) electrons. The number of nitrogens with zero attached hydrogens (tertiary/aromatic N) is 4. The second-order valence-electron chi connectivity index (χ2n) is 7.62. The fourth-order valence-electron chi connectivity index (χ4n) is 4.62. The van der Waals surface area contributed by atoms with Crippen molar-refractivity contribution in [3.05, 3.63) is 60.2 Å². The molecule has 28 heavy (non-hydrogen) atoms. The van der Waals surface area contributed by atoms with Crippen molar-refractivity contribution in [2.24, 2.45) is 0 Å². The van der Waals surface area contributed by atoms with Crippen molar-refractivity contribution in [2.45, 2.75) is 29.9 Å². The van der Waals surface area contributed by atoms with Crippen molar-refractivity contribution in [3.63, 3.8) is 0 Å². The van der Waals surface area contributed by atoms with Gasteiger partial charge in [-0.2, -0.15) is 4.31 Å². The lowest BCUT2D eigenvalue weighted by Gasteiger charge is -2.39.